The maximum Gasteiger partial charge on any atom is 0.329 e. The molecule has 3 N–H and O–H groups in total. The van der Waals surface area contributed by atoms with Gasteiger partial charge in [-0.15, -0.1) is 0 Å². The van der Waals surface area contributed by atoms with Gasteiger partial charge in [-0.2, -0.15) is 0 Å². The highest BCUT2D eigenvalue weighted by atomic mass is 16.7. The molecule has 11 atom stereocenters. The van der Waals surface area contributed by atoms with Crippen molar-refractivity contribution in [3.8, 4) is 0 Å². The Morgan fingerprint density at radius 1 is 0.963 bits per heavy atom. The lowest BCUT2D eigenvalue weighted by molar-refractivity contribution is -0.302. The van der Waals surface area contributed by atoms with E-state index in [1.807, 2.05) is 32.9 Å². The van der Waals surface area contributed by atoms with Crippen LogP contribution in [0.25, 0.3) is 0 Å². The zero-order valence-corrected chi connectivity index (χ0v) is 33.8. The molecule has 12 heteroatoms. The van der Waals surface area contributed by atoms with Crippen LogP contribution >= 0.6 is 0 Å². The van der Waals surface area contributed by atoms with Gasteiger partial charge in [-0.25, -0.2) is 4.79 Å². The van der Waals surface area contributed by atoms with Gasteiger partial charge in [0.25, 0.3) is 11.7 Å². The predicted octanol–water partition coefficient (Wildman–Crippen LogP) is 4.85. The lowest BCUT2D eigenvalue weighted by atomic mass is 9.82. The SMILES string of the molecule is CC[C@@H]1/C=C(\C)C[C@H](C)C[C@H](OC)[C@H]2O[C@@](O)(C(=O)C(=O)N3CCCC[C@H]3C(=O)O[C@H](/C(C)=C/C3CCC(O)CC3)[C@H](C)[C@@H](O)CC1=O)[C@H](C)C[C@@H]2OC. The Bertz CT molecular complexity index is 1370. The van der Waals surface area contributed by atoms with E-state index in [0.717, 1.165) is 18.4 Å². The van der Waals surface area contributed by atoms with Gasteiger partial charge in [-0.05, 0) is 102 Å². The Labute approximate surface area is 322 Å². The molecule has 4 rings (SSSR count). The summed E-state index contributed by atoms with van der Waals surface area (Å²) in [7, 11) is 3.07. The number of aliphatic hydroxyl groups excluding tert-OH is 2. The van der Waals surface area contributed by atoms with Crippen molar-refractivity contribution in [1.82, 2.24) is 4.90 Å². The number of esters is 1. The van der Waals surface area contributed by atoms with Gasteiger partial charge in [-0.3, -0.25) is 14.4 Å². The van der Waals surface area contributed by atoms with E-state index in [1.54, 1.807) is 13.8 Å². The first kappa shape index (κ1) is 44.2. The van der Waals surface area contributed by atoms with E-state index in [2.05, 4.69) is 6.92 Å². The molecule has 0 spiro atoms. The summed E-state index contributed by atoms with van der Waals surface area (Å²) in [6, 6.07) is -1.11. The average Bonchev–Trinajstić information content (AvgIpc) is 3.15. The number of nitrogens with zero attached hydrogens (tertiary/aromatic N) is 1. The minimum absolute atomic E-state index is 0.0460. The average molecular weight is 762 g/mol. The topological polar surface area (TPSA) is 169 Å². The molecule has 2 saturated heterocycles. The number of Topliss-reactive ketones (excluding diaryl/α,β-unsaturated/α-hetero) is 2. The van der Waals surface area contributed by atoms with Crippen LogP contribution in [0.1, 0.15) is 119 Å². The number of carbonyl (C=O) groups excluding carboxylic acids is 4. The summed E-state index contributed by atoms with van der Waals surface area (Å²) in [6.45, 7) is 11.3. The highest BCUT2D eigenvalue weighted by Crippen LogP contribution is 2.39. The Morgan fingerprint density at radius 3 is 2.24 bits per heavy atom. The molecule has 1 aliphatic carbocycles. The molecule has 2 bridgehead atoms. The van der Waals surface area contributed by atoms with Crippen molar-refractivity contribution in [3.63, 3.8) is 0 Å². The highest BCUT2D eigenvalue weighted by Gasteiger charge is 2.56. The molecule has 0 unspecified atom stereocenters. The number of ketones is 2. The van der Waals surface area contributed by atoms with Crippen molar-refractivity contribution in [2.75, 3.05) is 20.8 Å². The number of methoxy groups -OCH3 is 2. The lowest BCUT2D eigenvalue weighted by Crippen LogP contribution is -2.64. The third kappa shape index (κ3) is 10.5. The lowest BCUT2D eigenvalue weighted by Gasteiger charge is -2.47. The molecule has 3 heterocycles. The number of ether oxygens (including phenoxy) is 4. The molecule has 3 fully saturated rings. The highest BCUT2D eigenvalue weighted by molar-refractivity contribution is 6.39. The predicted molar refractivity (Wildman–Crippen MR) is 202 cm³/mol. The van der Waals surface area contributed by atoms with Crippen LogP contribution in [0.5, 0.6) is 0 Å². The van der Waals surface area contributed by atoms with Crippen LogP contribution in [0.4, 0.5) is 0 Å². The van der Waals surface area contributed by atoms with E-state index in [-0.39, 0.29) is 49.5 Å². The zero-order valence-electron chi connectivity index (χ0n) is 33.8. The maximum atomic E-state index is 14.2. The molecule has 0 aromatic heterocycles. The largest absolute Gasteiger partial charge is 0.456 e. The Balaban J connectivity index is 1.76. The first-order valence-electron chi connectivity index (χ1n) is 20.3. The first-order chi connectivity index (χ1) is 25.5. The van der Waals surface area contributed by atoms with Crippen LogP contribution in [-0.4, -0.2) is 113 Å². The number of cyclic esters (lactones) is 1. The number of allylic oxidation sites excluding steroid dienone is 3. The molecule has 0 aromatic rings. The number of fused-ring (bicyclic) bond motifs is 3. The molecule has 0 aromatic carbocycles. The van der Waals surface area contributed by atoms with Crippen LogP contribution < -0.4 is 0 Å². The number of piperidine rings is 1. The third-order valence-electron chi connectivity index (χ3n) is 12.5. The number of aliphatic hydroxyl groups is 3. The number of hydrogen-bond acceptors (Lipinski definition) is 11. The van der Waals surface area contributed by atoms with E-state index in [1.165, 1.54) is 19.1 Å². The summed E-state index contributed by atoms with van der Waals surface area (Å²) >= 11 is 0. The fourth-order valence-electron chi connectivity index (χ4n) is 9.11. The van der Waals surface area contributed by atoms with E-state index in [9.17, 15) is 34.5 Å². The summed E-state index contributed by atoms with van der Waals surface area (Å²) in [5.41, 5.74) is 1.72. The smallest absolute Gasteiger partial charge is 0.329 e. The van der Waals surface area contributed by atoms with Gasteiger partial charge < -0.3 is 39.2 Å². The van der Waals surface area contributed by atoms with E-state index >= 15 is 0 Å². The maximum absolute atomic E-state index is 14.2. The van der Waals surface area contributed by atoms with Crippen molar-refractivity contribution >= 4 is 23.4 Å². The van der Waals surface area contributed by atoms with E-state index in [4.69, 9.17) is 18.9 Å². The van der Waals surface area contributed by atoms with Gasteiger partial charge in [0.1, 0.15) is 24.0 Å². The monoisotopic (exact) mass is 761 g/mol. The molecule has 54 heavy (non-hydrogen) atoms. The number of rotatable bonds is 5. The van der Waals surface area contributed by atoms with E-state index in [0.29, 0.717) is 50.5 Å². The number of amides is 1. The van der Waals surface area contributed by atoms with Crippen LogP contribution in [0.2, 0.25) is 0 Å². The molecular formula is C42H67NO11. The minimum Gasteiger partial charge on any atom is -0.456 e. The fraction of sp³-hybridized carbons (Fsp3) is 0.810. The summed E-state index contributed by atoms with van der Waals surface area (Å²) in [4.78, 5) is 57.4. The van der Waals surface area contributed by atoms with Gasteiger partial charge in [0.15, 0.2) is 0 Å². The first-order valence-corrected chi connectivity index (χ1v) is 20.3. The molecule has 4 aliphatic rings. The van der Waals surface area contributed by atoms with Crippen molar-refractivity contribution in [2.45, 2.75) is 167 Å². The molecular weight excluding hydrogens is 694 g/mol. The van der Waals surface area contributed by atoms with Gasteiger partial charge in [0.05, 0.1) is 24.4 Å². The Morgan fingerprint density at radius 2 is 1.61 bits per heavy atom. The summed E-state index contributed by atoms with van der Waals surface area (Å²) in [5, 5.41) is 33.6. The van der Waals surface area contributed by atoms with Crippen molar-refractivity contribution in [1.29, 1.82) is 0 Å². The standard InChI is InChI=1S/C42H67NO11/c1-9-30-19-24(2)18-25(3)20-35(51-7)38-36(52-8)22-27(5)42(50,54-38)39(47)40(48)43-17-11-10-12-32(43)41(49)53-37(28(6)33(45)23-34(30)46)26(4)21-29-13-15-31(44)16-14-29/h19,21,25,27-33,35-38,44-45,50H,9-18,20,22-23H2,1-8H3/b24-19+,26-21+/t25-,27+,28+,29?,30+,31?,32-,33-,35-,36-,37+,38+,42+/m0/s1. The molecule has 1 saturated carbocycles. The third-order valence-corrected chi connectivity index (χ3v) is 12.5. The van der Waals surface area contributed by atoms with Crippen LogP contribution in [-0.2, 0) is 38.1 Å². The van der Waals surface area contributed by atoms with Crippen LogP contribution in [0, 0.1) is 29.6 Å². The van der Waals surface area contributed by atoms with Crippen molar-refractivity contribution < 1.29 is 53.4 Å². The van der Waals surface area contributed by atoms with E-state index < -0.39 is 77.8 Å². The Kier molecular flexibility index (Phi) is 16.0. The molecule has 1 amide bonds. The minimum atomic E-state index is -2.49. The van der Waals surface area contributed by atoms with Gasteiger partial charge >= 0.3 is 5.97 Å². The fourth-order valence-corrected chi connectivity index (χ4v) is 9.11. The van der Waals surface area contributed by atoms with Crippen molar-refractivity contribution in [3.05, 3.63) is 23.3 Å². The summed E-state index contributed by atoms with van der Waals surface area (Å²) in [6.07, 6.45) is 5.67. The second kappa shape index (κ2) is 19.6. The molecule has 306 valence electrons. The summed E-state index contributed by atoms with van der Waals surface area (Å²) < 4.78 is 24.2. The zero-order chi connectivity index (χ0) is 39.9. The number of hydrogen-bond donors (Lipinski definition) is 3. The second-order valence-electron chi connectivity index (χ2n) is 16.8. The van der Waals surface area contributed by atoms with Crippen molar-refractivity contribution in [2.24, 2.45) is 29.6 Å². The normalized spacial score (nSPS) is 41.3. The quantitative estimate of drug-likeness (QED) is 0.199. The second-order valence-corrected chi connectivity index (χ2v) is 16.8. The van der Waals surface area contributed by atoms with Crippen LogP contribution in [0.3, 0.4) is 0 Å². The summed E-state index contributed by atoms with van der Waals surface area (Å²) in [5.74, 6) is -7.20. The van der Waals surface area contributed by atoms with Gasteiger partial charge in [0, 0.05) is 44.9 Å². The van der Waals surface area contributed by atoms with Gasteiger partial charge in [-0.1, -0.05) is 45.4 Å². The van der Waals surface area contributed by atoms with Crippen LogP contribution in [0.15, 0.2) is 23.3 Å². The van der Waals surface area contributed by atoms with Gasteiger partial charge in [0.2, 0.25) is 5.79 Å². The number of carbonyl (C=O) groups is 4. The molecule has 12 nitrogen and oxygen atoms in total. The Hall–Kier alpha value is -2.48. The molecule has 0 radical (unpaired) electrons. The molecule has 3 aliphatic heterocycles.